The van der Waals surface area contributed by atoms with Crippen molar-refractivity contribution in [3.63, 3.8) is 0 Å². The van der Waals surface area contributed by atoms with Crippen molar-refractivity contribution in [3.8, 4) is 5.75 Å². The lowest BCUT2D eigenvalue weighted by molar-refractivity contribution is -0.385. The van der Waals surface area contributed by atoms with Gasteiger partial charge in [0.25, 0.3) is 5.24 Å². The average molecular weight is 244 g/mol. The van der Waals surface area contributed by atoms with Gasteiger partial charge in [-0.05, 0) is 17.7 Å². The highest BCUT2D eigenvalue weighted by molar-refractivity contribution is 6.67. The van der Waals surface area contributed by atoms with E-state index in [1.165, 1.54) is 6.07 Å². The second-order valence-corrected chi connectivity index (χ2v) is 3.15. The van der Waals surface area contributed by atoms with Gasteiger partial charge in [-0.25, -0.2) is 0 Å². The van der Waals surface area contributed by atoms with Gasteiger partial charge in [-0.3, -0.25) is 19.7 Å². The van der Waals surface area contributed by atoms with Crippen LogP contribution >= 0.6 is 11.6 Å². The van der Waals surface area contributed by atoms with Gasteiger partial charge < -0.3 is 4.74 Å². The molecule has 0 aliphatic carbocycles. The number of hydrogen-bond acceptors (Lipinski definition) is 5. The fourth-order valence-corrected chi connectivity index (χ4v) is 1.14. The number of nitro groups is 1. The summed E-state index contributed by atoms with van der Waals surface area (Å²) in [6.07, 6.45) is 0. The number of halogens is 1. The fourth-order valence-electron chi connectivity index (χ4n) is 1.02. The molecule has 0 aromatic heterocycles. The Balaban J connectivity index is 3.26. The molecular formula is C9H6ClNO5. The van der Waals surface area contributed by atoms with Crippen LogP contribution in [0.5, 0.6) is 5.75 Å². The van der Waals surface area contributed by atoms with Gasteiger partial charge in [-0.2, -0.15) is 0 Å². The van der Waals surface area contributed by atoms with Gasteiger partial charge in [0.05, 0.1) is 4.92 Å². The first kappa shape index (κ1) is 12.1. The smallest absolute Gasteiger partial charge is 0.311 e. The number of carbonyl (C=O) groups is 2. The van der Waals surface area contributed by atoms with Crippen LogP contribution in [0.15, 0.2) is 18.2 Å². The Bertz CT molecular complexity index is 471. The number of esters is 1. The Morgan fingerprint density at radius 1 is 1.44 bits per heavy atom. The van der Waals surface area contributed by atoms with Crippen LogP contribution in [0.1, 0.15) is 17.3 Å². The maximum absolute atomic E-state index is 10.8. The molecule has 0 N–H and O–H groups in total. The van der Waals surface area contributed by atoms with Gasteiger partial charge in [0, 0.05) is 24.6 Å². The van der Waals surface area contributed by atoms with Gasteiger partial charge in [-0.15, -0.1) is 0 Å². The standard InChI is InChI=1S/C9H6ClNO5/c1-5(12)16-8-4-6(9(10)13)2-3-7(8)11(14)15/h2-4H,1H3. The van der Waals surface area contributed by atoms with E-state index in [0.717, 1.165) is 19.1 Å². The highest BCUT2D eigenvalue weighted by atomic mass is 35.5. The maximum atomic E-state index is 10.8. The minimum Gasteiger partial charge on any atom is -0.419 e. The van der Waals surface area contributed by atoms with Crippen molar-refractivity contribution in [1.82, 2.24) is 0 Å². The third-order valence-electron chi connectivity index (χ3n) is 1.64. The highest BCUT2D eigenvalue weighted by Crippen LogP contribution is 2.28. The summed E-state index contributed by atoms with van der Waals surface area (Å²) in [5.74, 6) is -1.02. The molecule has 84 valence electrons. The molecule has 0 aliphatic heterocycles. The lowest BCUT2D eigenvalue weighted by Gasteiger charge is -2.03. The number of nitrogens with zero attached hydrogens (tertiary/aromatic N) is 1. The van der Waals surface area contributed by atoms with Crippen LogP contribution in [-0.2, 0) is 4.79 Å². The van der Waals surface area contributed by atoms with Crippen molar-refractivity contribution < 1.29 is 19.2 Å². The van der Waals surface area contributed by atoms with Gasteiger partial charge >= 0.3 is 11.7 Å². The third kappa shape index (κ3) is 2.77. The summed E-state index contributed by atoms with van der Waals surface area (Å²) < 4.78 is 4.61. The number of carbonyl (C=O) groups excluding carboxylic acids is 2. The number of rotatable bonds is 3. The molecule has 0 heterocycles. The first-order valence-electron chi connectivity index (χ1n) is 4.08. The number of nitro benzene ring substituents is 1. The molecule has 0 radical (unpaired) electrons. The first-order valence-corrected chi connectivity index (χ1v) is 4.46. The zero-order chi connectivity index (χ0) is 12.3. The van der Waals surface area contributed by atoms with Crippen LogP contribution in [0.25, 0.3) is 0 Å². The predicted octanol–water partition coefficient (Wildman–Crippen LogP) is 1.90. The summed E-state index contributed by atoms with van der Waals surface area (Å²) in [6, 6.07) is 3.28. The molecule has 0 spiro atoms. The van der Waals surface area contributed by atoms with Crippen molar-refractivity contribution in [1.29, 1.82) is 0 Å². The quantitative estimate of drug-likeness (QED) is 0.266. The van der Waals surface area contributed by atoms with E-state index in [1.807, 2.05) is 0 Å². The predicted molar refractivity (Wildman–Crippen MR) is 54.6 cm³/mol. The molecule has 0 saturated carbocycles. The summed E-state index contributed by atoms with van der Waals surface area (Å²) in [5.41, 5.74) is -0.389. The molecule has 0 amide bonds. The maximum Gasteiger partial charge on any atom is 0.311 e. The van der Waals surface area contributed by atoms with Crippen LogP contribution in [0.2, 0.25) is 0 Å². The van der Waals surface area contributed by atoms with Gasteiger partial charge in [-0.1, -0.05) is 0 Å². The Morgan fingerprint density at radius 3 is 2.50 bits per heavy atom. The monoisotopic (exact) mass is 243 g/mol. The van der Waals surface area contributed by atoms with E-state index >= 15 is 0 Å². The highest BCUT2D eigenvalue weighted by Gasteiger charge is 2.18. The molecule has 1 rings (SSSR count). The zero-order valence-electron chi connectivity index (χ0n) is 8.10. The number of ether oxygens (including phenoxy) is 1. The molecule has 7 heteroatoms. The second kappa shape index (κ2) is 4.71. The Morgan fingerprint density at radius 2 is 2.06 bits per heavy atom. The van der Waals surface area contributed by atoms with E-state index in [4.69, 9.17) is 11.6 Å². The molecule has 1 aromatic carbocycles. The first-order chi connectivity index (χ1) is 7.41. The SMILES string of the molecule is CC(=O)Oc1cc(C(=O)Cl)ccc1[N+](=O)[O-]. The minimum atomic E-state index is -0.789. The summed E-state index contributed by atoms with van der Waals surface area (Å²) in [4.78, 5) is 31.4. The van der Waals surface area contributed by atoms with E-state index in [2.05, 4.69) is 4.74 Å². The minimum absolute atomic E-state index is 0.0171. The molecule has 0 aliphatic rings. The molecule has 0 unspecified atom stereocenters. The zero-order valence-corrected chi connectivity index (χ0v) is 8.85. The van der Waals surface area contributed by atoms with Crippen molar-refractivity contribution in [3.05, 3.63) is 33.9 Å². The van der Waals surface area contributed by atoms with Gasteiger partial charge in [0.1, 0.15) is 0 Å². The Hall–Kier alpha value is -1.95. The number of benzene rings is 1. The summed E-state index contributed by atoms with van der Waals surface area (Å²) in [5, 5.41) is 9.79. The Labute approximate surface area is 94.9 Å². The Kier molecular flexibility index (Phi) is 3.57. The van der Waals surface area contributed by atoms with E-state index in [9.17, 15) is 19.7 Å². The van der Waals surface area contributed by atoms with Crippen molar-refractivity contribution in [2.24, 2.45) is 0 Å². The van der Waals surface area contributed by atoms with E-state index in [1.54, 1.807) is 0 Å². The second-order valence-electron chi connectivity index (χ2n) is 2.81. The molecule has 0 saturated heterocycles. The normalized spacial score (nSPS) is 9.62. The average Bonchev–Trinajstić information content (AvgIpc) is 2.15. The van der Waals surface area contributed by atoms with Gasteiger partial charge in [0.15, 0.2) is 0 Å². The molecule has 1 aromatic rings. The van der Waals surface area contributed by atoms with Crippen LogP contribution in [0.4, 0.5) is 5.69 Å². The molecule has 0 bridgehead atoms. The fraction of sp³-hybridized carbons (Fsp3) is 0.111. The number of hydrogen-bond donors (Lipinski definition) is 0. The van der Waals surface area contributed by atoms with Crippen LogP contribution < -0.4 is 4.74 Å². The van der Waals surface area contributed by atoms with Crippen LogP contribution in [-0.4, -0.2) is 16.1 Å². The summed E-state index contributed by atoms with van der Waals surface area (Å²) in [7, 11) is 0. The lowest BCUT2D eigenvalue weighted by Crippen LogP contribution is -2.05. The summed E-state index contributed by atoms with van der Waals surface area (Å²) in [6.45, 7) is 1.10. The van der Waals surface area contributed by atoms with E-state index in [-0.39, 0.29) is 11.3 Å². The molecule has 6 nitrogen and oxygen atoms in total. The van der Waals surface area contributed by atoms with Gasteiger partial charge in [0.2, 0.25) is 5.75 Å². The van der Waals surface area contributed by atoms with E-state index in [0.29, 0.717) is 0 Å². The topological polar surface area (TPSA) is 86.5 Å². The lowest BCUT2D eigenvalue weighted by atomic mass is 10.2. The van der Waals surface area contributed by atoms with Crippen molar-refractivity contribution >= 4 is 28.5 Å². The summed E-state index contributed by atoms with van der Waals surface area (Å²) >= 11 is 5.19. The van der Waals surface area contributed by atoms with Crippen molar-refractivity contribution in [2.75, 3.05) is 0 Å². The van der Waals surface area contributed by atoms with Crippen molar-refractivity contribution in [2.45, 2.75) is 6.92 Å². The largest absolute Gasteiger partial charge is 0.419 e. The molecular weight excluding hydrogens is 238 g/mol. The molecule has 0 atom stereocenters. The van der Waals surface area contributed by atoms with E-state index < -0.39 is 21.8 Å². The molecule has 16 heavy (non-hydrogen) atoms. The van der Waals surface area contributed by atoms with Crippen LogP contribution in [0.3, 0.4) is 0 Å². The third-order valence-corrected chi connectivity index (χ3v) is 1.86. The molecule has 0 fully saturated rings. The van der Waals surface area contributed by atoms with Crippen LogP contribution in [0, 0.1) is 10.1 Å².